The van der Waals surface area contributed by atoms with E-state index in [0.29, 0.717) is 45.0 Å². The van der Waals surface area contributed by atoms with E-state index in [9.17, 15) is 14.7 Å². The predicted octanol–water partition coefficient (Wildman–Crippen LogP) is 8.91. The first kappa shape index (κ1) is 35.7. The first-order chi connectivity index (χ1) is 21.0. The standard InChI is InChI=1S/C36H52O7/c1-3-40-35(38)17-13-9-5-7-11-15-25-42-33-23-21-30(22-24-33)19-20-31-27-32(37)29-34(28-31)43-26-16-12-8-6-10-14-18-36(39)41-4-2/h19-24,27-29,37H,3-18,25-26H2,1-2H3/b20-19+. The highest BCUT2D eigenvalue weighted by Gasteiger charge is 2.03. The molecule has 0 spiro atoms. The molecule has 7 nitrogen and oxygen atoms in total. The van der Waals surface area contributed by atoms with Crippen molar-refractivity contribution in [1.82, 2.24) is 0 Å². The maximum absolute atomic E-state index is 11.3. The van der Waals surface area contributed by atoms with Gasteiger partial charge in [0.1, 0.15) is 17.2 Å². The Bertz CT molecular complexity index is 1060. The molecule has 1 N–H and O–H groups in total. The summed E-state index contributed by atoms with van der Waals surface area (Å²) in [5, 5.41) is 10.2. The number of hydrogen-bond donors (Lipinski definition) is 1. The number of unbranched alkanes of at least 4 members (excludes halogenated alkanes) is 10. The van der Waals surface area contributed by atoms with Gasteiger partial charge in [-0.3, -0.25) is 9.59 Å². The second-order valence-corrected chi connectivity index (χ2v) is 10.7. The van der Waals surface area contributed by atoms with Gasteiger partial charge in [0.15, 0.2) is 0 Å². The number of esters is 2. The molecule has 0 aliphatic rings. The van der Waals surface area contributed by atoms with E-state index in [4.69, 9.17) is 18.9 Å². The third kappa shape index (κ3) is 17.9. The zero-order valence-corrected chi connectivity index (χ0v) is 26.3. The minimum atomic E-state index is -0.102. The molecule has 2 rings (SSSR count). The van der Waals surface area contributed by atoms with E-state index in [-0.39, 0.29) is 17.7 Å². The van der Waals surface area contributed by atoms with Gasteiger partial charge in [-0.2, -0.15) is 0 Å². The molecule has 2 aromatic rings. The molecule has 7 heteroatoms. The number of carbonyl (C=O) groups is 2. The highest BCUT2D eigenvalue weighted by Crippen LogP contribution is 2.24. The molecule has 238 valence electrons. The van der Waals surface area contributed by atoms with Crippen molar-refractivity contribution >= 4 is 24.1 Å². The fourth-order valence-corrected chi connectivity index (χ4v) is 4.66. The van der Waals surface area contributed by atoms with Crippen LogP contribution < -0.4 is 9.47 Å². The summed E-state index contributed by atoms with van der Waals surface area (Å²) < 4.78 is 21.7. The predicted molar refractivity (Wildman–Crippen MR) is 172 cm³/mol. The second kappa shape index (κ2) is 23.0. The van der Waals surface area contributed by atoms with Crippen LogP contribution in [0, 0.1) is 0 Å². The lowest BCUT2D eigenvalue weighted by Crippen LogP contribution is -2.03. The largest absolute Gasteiger partial charge is 0.508 e. The van der Waals surface area contributed by atoms with Crippen molar-refractivity contribution in [1.29, 1.82) is 0 Å². The van der Waals surface area contributed by atoms with Crippen molar-refractivity contribution in [3.63, 3.8) is 0 Å². The summed E-state index contributed by atoms with van der Waals surface area (Å²) in [6.07, 6.45) is 17.6. The van der Waals surface area contributed by atoms with Gasteiger partial charge in [-0.05, 0) is 74.9 Å². The molecule has 0 bridgehead atoms. The average molecular weight is 597 g/mol. The molecular weight excluding hydrogens is 544 g/mol. The van der Waals surface area contributed by atoms with Crippen LogP contribution in [0.3, 0.4) is 0 Å². The molecule has 0 aliphatic heterocycles. The summed E-state index contributed by atoms with van der Waals surface area (Å²) in [7, 11) is 0. The number of phenolic OH excluding ortho intramolecular Hbond substituents is 1. The van der Waals surface area contributed by atoms with E-state index in [1.165, 1.54) is 0 Å². The molecule has 0 aromatic heterocycles. The maximum Gasteiger partial charge on any atom is 0.305 e. The summed E-state index contributed by atoms with van der Waals surface area (Å²) in [4.78, 5) is 22.7. The Hall–Kier alpha value is -3.48. The van der Waals surface area contributed by atoms with Crippen molar-refractivity contribution in [3.8, 4) is 17.2 Å². The quantitative estimate of drug-likeness (QED) is 0.0735. The molecule has 0 saturated carbocycles. The normalized spacial score (nSPS) is 11.0. The molecule has 0 amide bonds. The van der Waals surface area contributed by atoms with E-state index in [2.05, 4.69) is 0 Å². The number of ether oxygens (including phenoxy) is 4. The lowest BCUT2D eigenvalue weighted by atomic mass is 10.1. The Morgan fingerprint density at radius 2 is 1.05 bits per heavy atom. The topological polar surface area (TPSA) is 91.3 Å². The van der Waals surface area contributed by atoms with Crippen molar-refractivity contribution in [2.45, 2.75) is 104 Å². The van der Waals surface area contributed by atoms with Gasteiger partial charge in [0.2, 0.25) is 0 Å². The third-order valence-electron chi connectivity index (χ3n) is 6.96. The Kier molecular flexibility index (Phi) is 19.1. The summed E-state index contributed by atoms with van der Waals surface area (Å²) in [5.41, 5.74) is 1.92. The van der Waals surface area contributed by atoms with E-state index in [0.717, 1.165) is 93.9 Å². The minimum absolute atomic E-state index is 0.0912. The van der Waals surface area contributed by atoms with E-state index < -0.39 is 0 Å². The van der Waals surface area contributed by atoms with Gasteiger partial charge in [0.25, 0.3) is 0 Å². The number of carbonyl (C=O) groups excluding carboxylic acids is 2. The molecular formula is C36H52O7. The second-order valence-electron chi connectivity index (χ2n) is 10.7. The summed E-state index contributed by atoms with van der Waals surface area (Å²) in [6, 6.07) is 13.3. The van der Waals surface area contributed by atoms with Crippen LogP contribution >= 0.6 is 0 Å². The first-order valence-corrected chi connectivity index (χ1v) is 16.2. The number of rotatable bonds is 24. The summed E-state index contributed by atoms with van der Waals surface area (Å²) >= 11 is 0. The van der Waals surface area contributed by atoms with Crippen LogP contribution in [0.5, 0.6) is 17.2 Å². The summed E-state index contributed by atoms with van der Waals surface area (Å²) in [5.74, 6) is 1.51. The molecule has 43 heavy (non-hydrogen) atoms. The monoisotopic (exact) mass is 596 g/mol. The van der Waals surface area contributed by atoms with E-state index in [1.807, 2.05) is 56.3 Å². The van der Waals surface area contributed by atoms with Crippen LogP contribution in [-0.4, -0.2) is 43.5 Å². The fraction of sp³-hybridized carbons (Fsp3) is 0.556. The molecule has 0 atom stereocenters. The van der Waals surface area contributed by atoms with Crippen molar-refractivity contribution < 1.29 is 33.6 Å². The Morgan fingerprint density at radius 3 is 1.58 bits per heavy atom. The van der Waals surface area contributed by atoms with Crippen molar-refractivity contribution in [2.75, 3.05) is 26.4 Å². The van der Waals surface area contributed by atoms with Crippen molar-refractivity contribution in [2.24, 2.45) is 0 Å². The Balaban J connectivity index is 1.59. The molecule has 0 heterocycles. The molecule has 0 saturated heterocycles. The number of benzene rings is 2. The van der Waals surface area contributed by atoms with Crippen LogP contribution in [0.1, 0.15) is 115 Å². The van der Waals surface area contributed by atoms with E-state index >= 15 is 0 Å². The van der Waals surface area contributed by atoms with Crippen molar-refractivity contribution in [3.05, 3.63) is 53.6 Å². The smallest absolute Gasteiger partial charge is 0.305 e. The average Bonchev–Trinajstić information content (AvgIpc) is 2.99. The maximum atomic E-state index is 11.3. The van der Waals surface area contributed by atoms with Gasteiger partial charge >= 0.3 is 11.9 Å². The lowest BCUT2D eigenvalue weighted by molar-refractivity contribution is -0.144. The first-order valence-electron chi connectivity index (χ1n) is 16.2. The van der Waals surface area contributed by atoms with Crippen LogP contribution in [0.15, 0.2) is 42.5 Å². The molecule has 0 unspecified atom stereocenters. The Labute approximate surface area is 258 Å². The van der Waals surface area contributed by atoms with Crippen LogP contribution in [0.4, 0.5) is 0 Å². The zero-order chi connectivity index (χ0) is 31.0. The number of hydrogen-bond acceptors (Lipinski definition) is 7. The van der Waals surface area contributed by atoms with Gasteiger partial charge in [0.05, 0.1) is 26.4 Å². The molecule has 0 fully saturated rings. The molecule has 0 aliphatic carbocycles. The Morgan fingerprint density at radius 1 is 0.581 bits per heavy atom. The fourth-order valence-electron chi connectivity index (χ4n) is 4.66. The summed E-state index contributed by atoms with van der Waals surface area (Å²) in [6.45, 7) is 5.88. The zero-order valence-electron chi connectivity index (χ0n) is 26.3. The van der Waals surface area contributed by atoms with Crippen LogP contribution in [-0.2, 0) is 19.1 Å². The van der Waals surface area contributed by atoms with Crippen LogP contribution in [0.25, 0.3) is 12.2 Å². The van der Waals surface area contributed by atoms with Gasteiger partial charge in [-0.15, -0.1) is 0 Å². The lowest BCUT2D eigenvalue weighted by Gasteiger charge is -2.08. The van der Waals surface area contributed by atoms with Gasteiger partial charge in [-0.25, -0.2) is 0 Å². The van der Waals surface area contributed by atoms with Gasteiger partial charge < -0.3 is 24.1 Å². The van der Waals surface area contributed by atoms with E-state index in [1.54, 1.807) is 12.1 Å². The van der Waals surface area contributed by atoms with Crippen LogP contribution in [0.2, 0.25) is 0 Å². The van der Waals surface area contributed by atoms with Gasteiger partial charge in [0, 0.05) is 18.9 Å². The molecule has 2 aromatic carbocycles. The highest BCUT2D eigenvalue weighted by molar-refractivity contribution is 5.71. The SMILES string of the molecule is CCOC(=O)CCCCCCCCOc1ccc(/C=C/c2cc(O)cc(OCCCCCCCCC(=O)OCC)c2)cc1. The third-order valence-corrected chi connectivity index (χ3v) is 6.96. The number of phenols is 1. The highest BCUT2D eigenvalue weighted by atomic mass is 16.5. The number of aromatic hydroxyl groups is 1. The molecule has 0 radical (unpaired) electrons. The van der Waals surface area contributed by atoms with Gasteiger partial charge in [-0.1, -0.05) is 75.7 Å². The minimum Gasteiger partial charge on any atom is -0.508 e.